The van der Waals surface area contributed by atoms with Crippen LogP contribution in [0, 0.1) is 5.92 Å². The largest absolute Gasteiger partial charge is 0.475 e. The van der Waals surface area contributed by atoms with Gasteiger partial charge in [-0.1, -0.05) is 19.9 Å². The van der Waals surface area contributed by atoms with Crippen molar-refractivity contribution >= 4 is 21.9 Å². The summed E-state index contributed by atoms with van der Waals surface area (Å²) < 4.78 is 33.0. The van der Waals surface area contributed by atoms with Crippen molar-refractivity contribution in [2.75, 3.05) is 11.3 Å². The van der Waals surface area contributed by atoms with E-state index in [0.717, 1.165) is 0 Å². The molecule has 3 rings (SSSR count). The summed E-state index contributed by atoms with van der Waals surface area (Å²) in [6.07, 6.45) is 2.12. The summed E-state index contributed by atoms with van der Waals surface area (Å²) >= 11 is 0. The van der Waals surface area contributed by atoms with Crippen molar-refractivity contribution in [1.82, 2.24) is 15.3 Å². The molecule has 0 aliphatic carbocycles. The number of carbonyl (C=O) groups is 1. The molecule has 2 heterocycles. The number of benzene rings is 1. The van der Waals surface area contributed by atoms with Crippen LogP contribution in [0.25, 0.3) is 0 Å². The van der Waals surface area contributed by atoms with Gasteiger partial charge in [-0.15, -0.1) is 0 Å². The molecule has 1 aromatic carbocycles. The van der Waals surface area contributed by atoms with Crippen LogP contribution in [0.5, 0.6) is 5.88 Å². The zero-order valence-electron chi connectivity index (χ0n) is 14.5. The van der Waals surface area contributed by atoms with Crippen molar-refractivity contribution in [3.8, 4) is 5.88 Å². The highest BCUT2D eigenvalue weighted by Gasteiger charge is 2.21. The maximum atomic E-state index is 12.6. The third-order valence-corrected chi connectivity index (χ3v) is 5.11. The summed E-state index contributed by atoms with van der Waals surface area (Å²) in [5.41, 5.74) is 0.258. The van der Waals surface area contributed by atoms with Crippen LogP contribution in [0.3, 0.4) is 0 Å². The predicted molar refractivity (Wildman–Crippen MR) is 95.5 cm³/mol. The topological polar surface area (TPSA) is 110 Å². The maximum Gasteiger partial charge on any atom is 0.264 e. The number of nitrogens with one attached hydrogen (secondary N) is 2. The first-order chi connectivity index (χ1) is 12.3. The minimum absolute atomic E-state index is 0.0419. The van der Waals surface area contributed by atoms with E-state index in [1.807, 2.05) is 13.8 Å². The van der Waals surface area contributed by atoms with Gasteiger partial charge in [0.15, 0.2) is 0 Å². The van der Waals surface area contributed by atoms with E-state index >= 15 is 0 Å². The molecule has 0 saturated heterocycles. The monoisotopic (exact) mass is 376 g/mol. The number of ether oxygens (including phenoxy) is 1. The highest BCUT2D eigenvalue weighted by molar-refractivity contribution is 7.92. The van der Waals surface area contributed by atoms with Crippen LogP contribution in [0.4, 0.5) is 5.95 Å². The third kappa shape index (κ3) is 4.29. The molecule has 1 aliphatic heterocycles. The molecular formula is C17H20N4O4S. The quantitative estimate of drug-likeness (QED) is 0.827. The van der Waals surface area contributed by atoms with Crippen LogP contribution in [0.1, 0.15) is 30.6 Å². The molecule has 1 atom stereocenters. The van der Waals surface area contributed by atoms with Crippen LogP contribution in [0.2, 0.25) is 0 Å². The number of anilines is 1. The Kier molecular flexibility index (Phi) is 5.08. The Labute approximate surface area is 152 Å². The van der Waals surface area contributed by atoms with Crippen LogP contribution in [-0.4, -0.2) is 36.9 Å². The number of fused-ring (bicyclic) bond motifs is 4. The molecule has 1 aromatic heterocycles. The second kappa shape index (κ2) is 7.28. The Morgan fingerprint density at radius 1 is 1.31 bits per heavy atom. The smallest absolute Gasteiger partial charge is 0.264 e. The maximum absolute atomic E-state index is 12.6. The molecule has 2 aromatic rings. The lowest BCUT2D eigenvalue weighted by Gasteiger charge is -2.20. The second-order valence-corrected chi connectivity index (χ2v) is 8.15. The van der Waals surface area contributed by atoms with E-state index in [1.54, 1.807) is 6.07 Å². The average molecular weight is 376 g/mol. The predicted octanol–water partition coefficient (Wildman–Crippen LogP) is 1.81. The Bertz CT molecular complexity index is 914. The molecule has 26 heavy (non-hydrogen) atoms. The lowest BCUT2D eigenvalue weighted by Crippen LogP contribution is -2.40. The van der Waals surface area contributed by atoms with Gasteiger partial charge >= 0.3 is 0 Å². The van der Waals surface area contributed by atoms with Gasteiger partial charge in [0.2, 0.25) is 11.8 Å². The first-order valence-electron chi connectivity index (χ1n) is 8.23. The first-order valence-corrected chi connectivity index (χ1v) is 9.71. The van der Waals surface area contributed by atoms with Crippen molar-refractivity contribution in [2.24, 2.45) is 5.92 Å². The number of amides is 1. The summed E-state index contributed by atoms with van der Waals surface area (Å²) in [6.45, 7) is 4.31. The molecule has 0 fully saturated rings. The third-order valence-electron chi connectivity index (χ3n) is 3.79. The second-order valence-electron chi connectivity index (χ2n) is 6.46. The number of sulfonamides is 1. The van der Waals surface area contributed by atoms with Gasteiger partial charge in [-0.25, -0.2) is 18.1 Å². The average Bonchev–Trinajstić information content (AvgIpc) is 2.59. The van der Waals surface area contributed by atoms with E-state index < -0.39 is 10.0 Å². The minimum atomic E-state index is -3.93. The molecule has 0 unspecified atom stereocenters. The summed E-state index contributed by atoms with van der Waals surface area (Å²) in [4.78, 5) is 20.5. The van der Waals surface area contributed by atoms with E-state index in [-0.39, 0.29) is 40.8 Å². The molecule has 1 amide bonds. The van der Waals surface area contributed by atoms with Crippen molar-refractivity contribution < 1.29 is 17.9 Å². The lowest BCUT2D eigenvalue weighted by molar-refractivity contribution is 0.0913. The van der Waals surface area contributed by atoms with Gasteiger partial charge in [0.25, 0.3) is 15.9 Å². The molecule has 0 spiro atoms. The summed E-state index contributed by atoms with van der Waals surface area (Å²) in [7, 11) is -3.93. The van der Waals surface area contributed by atoms with E-state index in [9.17, 15) is 13.2 Å². The fourth-order valence-electron chi connectivity index (χ4n) is 2.65. The van der Waals surface area contributed by atoms with Crippen LogP contribution in [0.15, 0.2) is 41.4 Å². The Hall–Kier alpha value is -2.68. The summed E-state index contributed by atoms with van der Waals surface area (Å²) in [6, 6.07) is 7.12. The Morgan fingerprint density at radius 3 is 2.88 bits per heavy atom. The zero-order valence-corrected chi connectivity index (χ0v) is 15.3. The molecule has 9 heteroatoms. The van der Waals surface area contributed by atoms with Crippen LogP contribution >= 0.6 is 0 Å². The Morgan fingerprint density at radius 2 is 2.12 bits per heavy atom. The molecule has 0 saturated carbocycles. The molecule has 0 radical (unpaired) electrons. The highest BCUT2D eigenvalue weighted by Crippen LogP contribution is 2.18. The number of nitrogens with zero attached hydrogens (tertiary/aromatic N) is 2. The zero-order chi connectivity index (χ0) is 18.7. The number of hydrogen-bond donors (Lipinski definition) is 2. The molecule has 4 bridgehead atoms. The number of carbonyl (C=O) groups excluding carboxylic acids is 1. The van der Waals surface area contributed by atoms with Crippen molar-refractivity contribution in [2.45, 2.75) is 31.2 Å². The molecule has 2 N–H and O–H groups in total. The van der Waals surface area contributed by atoms with E-state index in [1.165, 1.54) is 30.5 Å². The van der Waals surface area contributed by atoms with E-state index in [4.69, 9.17) is 4.74 Å². The Balaban J connectivity index is 2.04. The molecule has 8 nitrogen and oxygen atoms in total. The van der Waals surface area contributed by atoms with Crippen molar-refractivity contribution in [1.29, 1.82) is 0 Å². The normalized spacial score (nSPS) is 19.2. The van der Waals surface area contributed by atoms with Gasteiger partial charge in [0.05, 0.1) is 10.9 Å². The SMILES string of the molecule is CC(C)C[C@@H]1COc2ccnc(n2)NS(=O)(=O)c2cccc(c2)C(=O)N1. The molecular weight excluding hydrogens is 356 g/mol. The van der Waals surface area contributed by atoms with Gasteiger partial charge in [-0.05, 0) is 30.5 Å². The molecule has 1 aliphatic rings. The van der Waals surface area contributed by atoms with Crippen molar-refractivity contribution in [3.63, 3.8) is 0 Å². The van der Waals surface area contributed by atoms with Crippen LogP contribution in [-0.2, 0) is 10.0 Å². The van der Waals surface area contributed by atoms with Crippen molar-refractivity contribution in [3.05, 3.63) is 42.1 Å². The molecule has 138 valence electrons. The van der Waals surface area contributed by atoms with Crippen LogP contribution < -0.4 is 14.8 Å². The highest BCUT2D eigenvalue weighted by atomic mass is 32.2. The summed E-state index contributed by atoms with van der Waals surface area (Å²) in [5, 5.41) is 2.91. The van der Waals surface area contributed by atoms with Gasteiger partial charge in [-0.2, -0.15) is 4.98 Å². The standard InChI is InChI=1S/C17H20N4O4S/c1-11(2)8-13-10-25-15-6-7-18-17(20-15)21-26(23,24)14-5-3-4-12(9-14)16(22)19-13/h3-7,9,11,13H,8,10H2,1-2H3,(H,19,22)(H,18,20,21)/t13-/m1/s1. The van der Waals surface area contributed by atoms with E-state index in [2.05, 4.69) is 20.0 Å². The lowest BCUT2D eigenvalue weighted by atomic mass is 10.0. The van der Waals surface area contributed by atoms with Gasteiger partial charge in [0, 0.05) is 17.8 Å². The number of hydrogen-bond acceptors (Lipinski definition) is 6. The summed E-state index contributed by atoms with van der Waals surface area (Å²) in [5.74, 6) is 0.126. The van der Waals surface area contributed by atoms with Gasteiger partial charge in [0.1, 0.15) is 6.61 Å². The van der Waals surface area contributed by atoms with Gasteiger partial charge < -0.3 is 10.1 Å². The number of rotatable bonds is 2. The fraction of sp³-hybridized carbons (Fsp3) is 0.353. The first kappa shape index (κ1) is 18.1. The van der Waals surface area contributed by atoms with E-state index in [0.29, 0.717) is 12.3 Å². The minimum Gasteiger partial charge on any atom is -0.475 e. The fourth-order valence-corrected chi connectivity index (χ4v) is 3.64. The number of aromatic nitrogens is 2. The van der Waals surface area contributed by atoms with Gasteiger partial charge in [-0.3, -0.25) is 4.79 Å².